The molecular weight excluding hydrogens is 333 g/mol. The van der Waals surface area contributed by atoms with Gasteiger partial charge in [0, 0.05) is 54.8 Å². The molecule has 2 rings (SSSR count). The van der Waals surface area contributed by atoms with Crippen molar-refractivity contribution in [3.05, 3.63) is 34.1 Å². The van der Waals surface area contributed by atoms with E-state index in [0.717, 1.165) is 37.2 Å². The Morgan fingerprint density at radius 2 is 1.90 bits per heavy atom. The van der Waals surface area contributed by atoms with Crippen LogP contribution in [0.25, 0.3) is 0 Å². The van der Waals surface area contributed by atoms with Crippen LogP contribution >= 0.6 is 15.9 Å². The fourth-order valence-corrected chi connectivity index (χ4v) is 3.02. The Balaban J connectivity index is 1.84. The number of hydrogen-bond acceptors (Lipinski definition) is 3. The number of nitrogens with one attached hydrogen (secondary N) is 1. The molecule has 0 aromatic heterocycles. The van der Waals surface area contributed by atoms with E-state index in [-0.39, 0.29) is 11.4 Å². The summed E-state index contributed by atoms with van der Waals surface area (Å²) in [6.45, 7) is 10.3. The highest BCUT2D eigenvalue weighted by Gasteiger charge is 2.28. The minimum absolute atomic E-state index is 0.0904. The maximum Gasteiger partial charge on any atom is 0.128 e. The van der Waals surface area contributed by atoms with E-state index in [2.05, 4.69) is 51.9 Å². The summed E-state index contributed by atoms with van der Waals surface area (Å²) in [5.74, 6) is -0.158. The molecule has 1 N–H and O–H groups in total. The molecule has 1 aromatic rings. The molecule has 0 radical (unpaired) electrons. The molecule has 0 atom stereocenters. The summed E-state index contributed by atoms with van der Waals surface area (Å²) in [5.41, 5.74) is 0.806. The predicted molar refractivity (Wildman–Crippen MR) is 89.0 cm³/mol. The normalized spacial score (nSPS) is 18.1. The van der Waals surface area contributed by atoms with Crippen LogP contribution in [0.3, 0.4) is 0 Å². The maximum atomic E-state index is 13.8. The first-order chi connectivity index (χ1) is 9.88. The predicted octanol–water partition coefficient (Wildman–Crippen LogP) is 2.70. The lowest BCUT2D eigenvalue weighted by atomic mass is 10.0. The van der Waals surface area contributed by atoms with Crippen LogP contribution in [0, 0.1) is 5.82 Å². The third-order valence-corrected chi connectivity index (χ3v) is 4.74. The SMILES string of the molecule is CN1CCN(C(C)(C)CNCc2ccc(Br)cc2F)CC1. The van der Waals surface area contributed by atoms with E-state index < -0.39 is 0 Å². The summed E-state index contributed by atoms with van der Waals surface area (Å²) in [5, 5.41) is 3.40. The number of nitrogens with zero attached hydrogens (tertiary/aromatic N) is 2. The largest absolute Gasteiger partial charge is 0.311 e. The lowest BCUT2D eigenvalue weighted by Crippen LogP contribution is -2.57. The van der Waals surface area contributed by atoms with Crippen molar-refractivity contribution < 1.29 is 4.39 Å². The Morgan fingerprint density at radius 1 is 1.24 bits per heavy atom. The quantitative estimate of drug-likeness (QED) is 0.873. The highest BCUT2D eigenvalue weighted by atomic mass is 79.9. The standard InChI is InChI=1S/C16H25BrFN3/c1-16(2,21-8-6-20(3)7-9-21)12-19-11-13-4-5-14(17)10-15(13)18/h4-5,10,19H,6-9,11-12H2,1-3H3. The van der Waals surface area contributed by atoms with Gasteiger partial charge in [0.05, 0.1) is 0 Å². The van der Waals surface area contributed by atoms with E-state index in [1.165, 1.54) is 6.07 Å². The zero-order chi connectivity index (χ0) is 15.5. The van der Waals surface area contributed by atoms with Crippen LogP contribution in [0.5, 0.6) is 0 Å². The number of likely N-dealkylation sites (N-methyl/N-ethyl adjacent to an activating group) is 1. The Hall–Kier alpha value is -0.490. The average molecular weight is 358 g/mol. The van der Waals surface area contributed by atoms with Gasteiger partial charge in [-0.3, -0.25) is 4.90 Å². The van der Waals surface area contributed by atoms with Crippen LogP contribution in [0.15, 0.2) is 22.7 Å². The van der Waals surface area contributed by atoms with Gasteiger partial charge in [0.25, 0.3) is 0 Å². The fraction of sp³-hybridized carbons (Fsp3) is 0.625. The van der Waals surface area contributed by atoms with Gasteiger partial charge in [-0.1, -0.05) is 22.0 Å². The fourth-order valence-electron chi connectivity index (χ4n) is 2.69. The van der Waals surface area contributed by atoms with Crippen LogP contribution in [-0.2, 0) is 6.54 Å². The summed E-state index contributed by atoms with van der Waals surface area (Å²) in [6, 6.07) is 5.23. The number of rotatable bonds is 5. The zero-order valence-corrected chi connectivity index (χ0v) is 14.7. The van der Waals surface area contributed by atoms with Gasteiger partial charge in [0.2, 0.25) is 0 Å². The Bertz CT molecular complexity index is 471. The summed E-state index contributed by atoms with van der Waals surface area (Å²) in [4.78, 5) is 4.87. The Labute approximate surface area is 135 Å². The molecule has 21 heavy (non-hydrogen) atoms. The van der Waals surface area contributed by atoms with Crippen molar-refractivity contribution in [3.63, 3.8) is 0 Å². The molecule has 1 aliphatic rings. The molecule has 1 aromatic carbocycles. The van der Waals surface area contributed by atoms with Crippen LogP contribution in [-0.4, -0.2) is 55.1 Å². The summed E-state index contributed by atoms with van der Waals surface area (Å²) < 4.78 is 14.6. The van der Waals surface area contributed by atoms with Gasteiger partial charge < -0.3 is 10.2 Å². The van der Waals surface area contributed by atoms with Crippen LogP contribution in [0.4, 0.5) is 4.39 Å². The zero-order valence-electron chi connectivity index (χ0n) is 13.1. The van der Waals surface area contributed by atoms with Crippen molar-refractivity contribution in [2.75, 3.05) is 39.8 Å². The van der Waals surface area contributed by atoms with E-state index in [1.807, 2.05) is 12.1 Å². The van der Waals surface area contributed by atoms with Crippen molar-refractivity contribution in [3.8, 4) is 0 Å². The molecule has 118 valence electrons. The molecule has 0 saturated carbocycles. The molecule has 0 unspecified atom stereocenters. The van der Waals surface area contributed by atoms with Crippen molar-refractivity contribution >= 4 is 15.9 Å². The second kappa shape index (κ2) is 7.18. The van der Waals surface area contributed by atoms with E-state index in [9.17, 15) is 4.39 Å². The van der Waals surface area contributed by atoms with Gasteiger partial charge in [-0.15, -0.1) is 0 Å². The van der Waals surface area contributed by atoms with E-state index in [4.69, 9.17) is 0 Å². The second-order valence-corrected chi connectivity index (χ2v) is 7.36. The number of benzene rings is 1. The van der Waals surface area contributed by atoms with Crippen molar-refractivity contribution in [1.82, 2.24) is 15.1 Å². The van der Waals surface area contributed by atoms with E-state index in [0.29, 0.717) is 12.1 Å². The first kappa shape index (κ1) is 16.9. The highest BCUT2D eigenvalue weighted by Crippen LogP contribution is 2.17. The van der Waals surface area contributed by atoms with Crippen LogP contribution < -0.4 is 5.32 Å². The first-order valence-corrected chi connectivity index (χ1v) is 8.26. The molecule has 1 fully saturated rings. The highest BCUT2D eigenvalue weighted by molar-refractivity contribution is 9.10. The number of halogens is 2. The number of piperazine rings is 1. The van der Waals surface area contributed by atoms with Crippen molar-refractivity contribution in [2.45, 2.75) is 25.9 Å². The minimum atomic E-state index is -0.158. The van der Waals surface area contributed by atoms with Crippen LogP contribution in [0.1, 0.15) is 19.4 Å². The topological polar surface area (TPSA) is 18.5 Å². The number of hydrogen-bond donors (Lipinski definition) is 1. The molecule has 0 spiro atoms. The van der Waals surface area contributed by atoms with Gasteiger partial charge in [0.1, 0.15) is 5.82 Å². The molecule has 1 aliphatic heterocycles. The Morgan fingerprint density at radius 3 is 2.52 bits per heavy atom. The molecular formula is C16H25BrFN3. The maximum absolute atomic E-state index is 13.8. The minimum Gasteiger partial charge on any atom is -0.311 e. The third kappa shape index (κ3) is 4.74. The monoisotopic (exact) mass is 357 g/mol. The lowest BCUT2D eigenvalue weighted by molar-refractivity contribution is 0.0617. The van der Waals surface area contributed by atoms with E-state index in [1.54, 1.807) is 0 Å². The van der Waals surface area contributed by atoms with Gasteiger partial charge in [-0.05, 0) is 33.0 Å². The van der Waals surface area contributed by atoms with Crippen molar-refractivity contribution in [1.29, 1.82) is 0 Å². The Kier molecular flexibility index (Phi) is 5.77. The smallest absolute Gasteiger partial charge is 0.128 e. The van der Waals surface area contributed by atoms with Gasteiger partial charge >= 0.3 is 0 Å². The van der Waals surface area contributed by atoms with E-state index >= 15 is 0 Å². The summed E-state index contributed by atoms with van der Waals surface area (Å²) in [6.07, 6.45) is 0. The molecule has 0 amide bonds. The first-order valence-electron chi connectivity index (χ1n) is 7.47. The molecule has 1 saturated heterocycles. The van der Waals surface area contributed by atoms with Gasteiger partial charge in [-0.25, -0.2) is 4.39 Å². The molecule has 0 aliphatic carbocycles. The average Bonchev–Trinajstić information content (AvgIpc) is 2.41. The van der Waals surface area contributed by atoms with Crippen LogP contribution in [0.2, 0.25) is 0 Å². The van der Waals surface area contributed by atoms with Gasteiger partial charge in [-0.2, -0.15) is 0 Å². The lowest BCUT2D eigenvalue weighted by Gasteiger charge is -2.43. The van der Waals surface area contributed by atoms with Crippen molar-refractivity contribution in [2.24, 2.45) is 0 Å². The third-order valence-electron chi connectivity index (χ3n) is 4.25. The van der Waals surface area contributed by atoms with Gasteiger partial charge in [0.15, 0.2) is 0 Å². The summed E-state index contributed by atoms with van der Waals surface area (Å²) >= 11 is 3.28. The molecule has 3 nitrogen and oxygen atoms in total. The molecule has 1 heterocycles. The summed E-state index contributed by atoms with van der Waals surface area (Å²) in [7, 11) is 2.17. The molecule has 5 heteroatoms. The second-order valence-electron chi connectivity index (χ2n) is 6.44. The molecule has 0 bridgehead atoms.